The highest BCUT2D eigenvalue weighted by Gasteiger charge is 2.35. The lowest BCUT2D eigenvalue weighted by Gasteiger charge is -2.38. The predicted molar refractivity (Wildman–Crippen MR) is 61.8 cm³/mol. The summed E-state index contributed by atoms with van der Waals surface area (Å²) in [5.74, 6) is -0.334. The Morgan fingerprint density at radius 2 is 2.29 bits per heavy atom. The first-order valence-electron chi connectivity index (χ1n) is 5.79. The van der Waals surface area contributed by atoms with E-state index in [0.29, 0.717) is 6.42 Å². The van der Waals surface area contributed by atoms with Gasteiger partial charge in [-0.05, 0) is 32.6 Å². The summed E-state index contributed by atoms with van der Waals surface area (Å²) in [6.07, 6.45) is 3.19. The number of carbonyl (C=O) groups is 1. The average molecular weight is 239 g/mol. The number of H-pyrrole nitrogens is 2. The average Bonchev–Trinajstić information content (AvgIpc) is 2.62. The highest BCUT2D eigenvalue weighted by Crippen LogP contribution is 2.35. The summed E-state index contributed by atoms with van der Waals surface area (Å²) < 4.78 is 0. The van der Waals surface area contributed by atoms with E-state index >= 15 is 0 Å². The van der Waals surface area contributed by atoms with Gasteiger partial charge in [0.15, 0.2) is 0 Å². The van der Waals surface area contributed by atoms with Gasteiger partial charge in [-0.25, -0.2) is 0 Å². The standard InChI is InChI=1S/C11H17N3O3/c1-7(6-11(17)3-2-4-11)12-10(16)8-5-9(15)14-13-8/h5,7,17H,2-4,6H2,1H3,(H,12,16)(H2,13,14,15). The Morgan fingerprint density at radius 1 is 1.59 bits per heavy atom. The van der Waals surface area contributed by atoms with Crippen LogP contribution in [0.4, 0.5) is 0 Å². The van der Waals surface area contributed by atoms with E-state index < -0.39 is 5.60 Å². The number of nitrogens with one attached hydrogen (secondary N) is 3. The zero-order chi connectivity index (χ0) is 12.5. The Morgan fingerprint density at radius 3 is 2.76 bits per heavy atom. The highest BCUT2D eigenvalue weighted by atomic mass is 16.3. The second-order valence-electron chi connectivity index (χ2n) is 4.83. The molecule has 1 aliphatic rings. The second-order valence-corrected chi connectivity index (χ2v) is 4.83. The van der Waals surface area contributed by atoms with Crippen molar-refractivity contribution >= 4 is 5.91 Å². The quantitative estimate of drug-likeness (QED) is 0.601. The number of hydrogen-bond donors (Lipinski definition) is 4. The number of aromatic amines is 2. The van der Waals surface area contributed by atoms with E-state index in [4.69, 9.17) is 0 Å². The van der Waals surface area contributed by atoms with Crippen LogP contribution in [0.1, 0.15) is 43.1 Å². The number of hydrogen-bond acceptors (Lipinski definition) is 3. The third-order valence-corrected chi connectivity index (χ3v) is 3.19. The maximum Gasteiger partial charge on any atom is 0.269 e. The van der Waals surface area contributed by atoms with Crippen molar-refractivity contribution in [1.82, 2.24) is 15.5 Å². The third kappa shape index (κ3) is 2.76. The molecule has 1 heterocycles. The van der Waals surface area contributed by atoms with Crippen LogP contribution in [0, 0.1) is 0 Å². The number of rotatable bonds is 4. The Bertz CT molecular complexity index is 459. The van der Waals surface area contributed by atoms with Crippen molar-refractivity contribution in [3.8, 4) is 0 Å². The van der Waals surface area contributed by atoms with Gasteiger partial charge >= 0.3 is 0 Å². The molecular formula is C11H17N3O3. The molecule has 1 atom stereocenters. The van der Waals surface area contributed by atoms with Gasteiger partial charge in [-0.2, -0.15) is 0 Å². The van der Waals surface area contributed by atoms with Crippen LogP contribution in [0.25, 0.3) is 0 Å². The molecule has 0 spiro atoms. The van der Waals surface area contributed by atoms with Crippen LogP contribution < -0.4 is 10.9 Å². The molecule has 1 saturated carbocycles. The van der Waals surface area contributed by atoms with Crippen LogP contribution in [0.2, 0.25) is 0 Å². The molecule has 6 heteroatoms. The topological polar surface area (TPSA) is 98.0 Å². The number of aliphatic hydroxyl groups is 1. The molecule has 1 aromatic heterocycles. The summed E-state index contributed by atoms with van der Waals surface area (Å²) in [6, 6.07) is 1.09. The summed E-state index contributed by atoms with van der Waals surface area (Å²) in [6.45, 7) is 1.85. The van der Waals surface area contributed by atoms with E-state index in [-0.39, 0.29) is 23.2 Å². The fraction of sp³-hybridized carbons (Fsp3) is 0.636. The Balaban J connectivity index is 1.88. The lowest BCUT2D eigenvalue weighted by atomic mass is 9.76. The molecule has 2 rings (SSSR count). The van der Waals surface area contributed by atoms with Gasteiger partial charge in [0.05, 0.1) is 5.60 Å². The molecule has 1 amide bonds. The van der Waals surface area contributed by atoms with Gasteiger partial charge in [0.1, 0.15) is 5.69 Å². The molecule has 0 saturated heterocycles. The van der Waals surface area contributed by atoms with Crippen molar-refractivity contribution in [2.75, 3.05) is 0 Å². The molecule has 0 bridgehead atoms. The van der Waals surface area contributed by atoms with E-state index in [9.17, 15) is 14.7 Å². The van der Waals surface area contributed by atoms with Gasteiger partial charge in [0.2, 0.25) is 0 Å². The van der Waals surface area contributed by atoms with Gasteiger partial charge in [-0.3, -0.25) is 19.8 Å². The van der Waals surface area contributed by atoms with Gasteiger partial charge in [-0.1, -0.05) is 0 Å². The van der Waals surface area contributed by atoms with Crippen LogP contribution in [0.3, 0.4) is 0 Å². The zero-order valence-electron chi connectivity index (χ0n) is 9.75. The van der Waals surface area contributed by atoms with Crippen LogP contribution in [-0.2, 0) is 0 Å². The highest BCUT2D eigenvalue weighted by molar-refractivity contribution is 5.92. The zero-order valence-corrected chi connectivity index (χ0v) is 9.75. The molecule has 1 aliphatic carbocycles. The molecule has 6 nitrogen and oxygen atoms in total. The molecule has 1 unspecified atom stereocenters. The van der Waals surface area contributed by atoms with Gasteiger partial charge in [0, 0.05) is 12.1 Å². The minimum absolute atomic E-state index is 0.119. The lowest BCUT2D eigenvalue weighted by Crippen LogP contribution is -2.44. The second kappa shape index (κ2) is 4.37. The first kappa shape index (κ1) is 11.9. The fourth-order valence-corrected chi connectivity index (χ4v) is 2.17. The van der Waals surface area contributed by atoms with Gasteiger partial charge < -0.3 is 10.4 Å². The van der Waals surface area contributed by atoms with E-state index in [1.807, 2.05) is 6.92 Å². The van der Waals surface area contributed by atoms with Crippen molar-refractivity contribution < 1.29 is 9.90 Å². The third-order valence-electron chi connectivity index (χ3n) is 3.19. The molecule has 94 valence electrons. The summed E-state index contributed by atoms with van der Waals surface area (Å²) in [5.41, 5.74) is -0.735. The largest absolute Gasteiger partial charge is 0.390 e. The summed E-state index contributed by atoms with van der Waals surface area (Å²) in [5, 5.41) is 17.5. The fourth-order valence-electron chi connectivity index (χ4n) is 2.17. The SMILES string of the molecule is CC(CC1(O)CCC1)NC(=O)c1cc(=O)[nH][nH]1. The Kier molecular flexibility index (Phi) is 3.06. The van der Waals surface area contributed by atoms with Crippen LogP contribution in [-0.4, -0.2) is 32.9 Å². The van der Waals surface area contributed by atoms with E-state index in [1.165, 1.54) is 6.07 Å². The molecule has 0 aliphatic heterocycles. The van der Waals surface area contributed by atoms with Crippen LogP contribution >= 0.6 is 0 Å². The molecule has 1 fully saturated rings. The summed E-state index contributed by atoms with van der Waals surface area (Å²) in [7, 11) is 0. The number of carbonyl (C=O) groups excluding carboxylic acids is 1. The van der Waals surface area contributed by atoms with E-state index in [1.54, 1.807) is 0 Å². The van der Waals surface area contributed by atoms with Crippen LogP contribution in [0.5, 0.6) is 0 Å². The van der Waals surface area contributed by atoms with Crippen molar-refractivity contribution in [3.05, 3.63) is 22.1 Å². The van der Waals surface area contributed by atoms with E-state index in [2.05, 4.69) is 15.5 Å². The first-order chi connectivity index (χ1) is 7.98. The van der Waals surface area contributed by atoms with Gasteiger partial charge in [0.25, 0.3) is 11.5 Å². The van der Waals surface area contributed by atoms with Crippen molar-refractivity contribution in [3.63, 3.8) is 0 Å². The Labute approximate surface area is 98.4 Å². The minimum Gasteiger partial charge on any atom is -0.390 e. The minimum atomic E-state index is -0.613. The summed E-state index contributed by atoms with van der Waals surface area (Å²) >= 11 is 0. The maximum atomic E-state index is 11.7. The molecule has 17 heavy (non-hydrogen) atoms. The predicted octanol–water partition coefficient (Wildman–Crippen LogP) is 0.126. The lowest BCUT2D eigenvalue weighted by molar-refractivity contribution is -0.0456. The number of aromatic nitrogens is 2. The molecule has 0 radical (unpaired) electrons. The van der Waals surface area contributed by atoms with Crippen molar-refractivity contribution in [2.24, 2.45) is 0 Å². The molecular weight excluding hydrogens is 222 g/mol. The van der Waals surface area contributed by atoms with Crippen molar-refractivity contribution in [1.29, 1.82) is 0 Å². The molecule has 1 aromatic rings. The maximum absolute atomic E-state index is 11.7. The first-order valence-corrected chi connectivity index (χ1v) is 5.79. The van der Waals surface area contributed by atoms with E-state index in [0.717, 1.165) is 19.3 Å². The van der Waals surface area contributed by atoms with Gasteiger partial charge in [-0.15, -0.1) is 0 Å². The Hall–Kier alpha value is -1.56. The van der Waals surface area contributed by atoms with Crippen LogP contribution in [0.15, 0.2) is 10.9 Å². The molecule has 4 N–H and O–H groups in total. The molecule has 0 aromatic carbocycles. The van der Waals surface area contributed by atoms with Crippen molar-refractivity contribution in [2.45, 2.75) is 44.2 Å². The normalized spacial score (nSPS) is 19.4. The monoisotopic (exact) mass is 239 g/mol. The summed E-state index contributed by atoms with van der Waals surface area (Å²) in [4.78, 5) is 22.5. The number of amides is 1. The smallest absolute Gasteiger partial charge is 0.269 e.